The Morgan fingerprint density at radius 3 is 2.63 bits per heavy atom. The molecule has 0 radical (unpaired) electrons. The number of anilines is 1. The molecule has 0 spiro atoms. The number of ether oxygens (including phenoxy) is 1. The fourth-order valence-corrected chi connectivity index (χ4v) is 4.31. The van der Waals surface area contributed by atoms with Crippen molar-refractivity contribution in [2.24, 2.45) is 0 Å². The van der Waals surface area contributed by atoms with Crippen LogP contribution in [0.1, 0.15) is 27.7 Å². The number of aromatic nitrogens is 1. The van der Waals surface area contributed by atoms with Gasteiger partial charge >= 0.3 is 12.0 Å². The minimum absolute atomic E-state index is 0.00438. The first-order chi connectivity index (χ1) is 16.8. The number of amides is 4. The zero-order valence-corrected chi connectivity index (χ0v) is 19.0. The first-order valence-corrected chi connectivity index (χ1v) is 11.2. The molecule has 2 aromatic carbocycles. The topological polar surface area (TPSA) is 138 Å². The SMILES string of the molecule is COc1ccc(C2NC(=O)N([C@@H](Cc3ccccc3)C(=O)Nc3nc(C(=O)O)cs3)C2=O)c(F)c1. The summed E-state index contributed by atoms with van der Waals surface area (Å²) in [5.41, 5.74) is 0.337. The molecule has 2 heterocycles. The Hall–Kier alpha value is -4.32. The van der Waals surface area contributed by atoms with Gasteiger partial charge in [-0.15, -0.1) is 11.3 Å². The van der Waals surface area contributed by atoms with Crippen molar-refractivity contribution in [1.29, 1.82) is 0 Å². The number of halogens is 1. The highest BCUT2D eigenvalue weighted by Gasteiger charge is 2.46. The Morgan fingerprint density at radius 2 is 2.00 bits per heavy atom. The minimum atomic E-state index is -1.34. The van der Waals surface area contributed by atoms with Gasteiger partial charge in [-0.25, -0.2) is 23.9 Å². The van der Waals surface area contributed by atoms with E-state index in [1.807, 2.05) is 0 Å². The van der Waals surface area contributed by atoms with E-state index in [1.54, 1.807) is 30.3 Å². The average molecular weight is 498 g/mol. The second kappa shape index (κ2) is 9.89. The highest BCUT2D eigenvalue weighted by molar-refractivity contribution is 7.14. The molecule has 2 atom stereocenters. The summed E-state index contributed by atoms with van der Waals surface area (Å²) in [5.74, 6) is -3.33. The Labute approximate surface area is 202 Å². The van der Waals surface area contributed by atoms with Crippen LogP contribution in [0.3, 0.4) is 0 Å². The van der Waals surface area contributed by atoms with Crippen LogP contribution in [-0.4, -0.2) is 52.0 Å². The molecule has 1 fully saturated rings. The van der Waals surface area contributed by atoms with Gasteiger partial charge in [0.05, 0.1) is 7.11 Å². The summed E-state index contributed by atoms with van der Waals surface area (Å²) >= 11 is 0.888. The average Bonchev–Trinajstić information content (AvgIpc) is 3.42. The number of hydrogen-bond acceptors (Lipinski definition) is 7. The number of methoxy groups -OCH3 is 1. The summed E-state index contributed by atoms with van der Waals surface area (Å²) in [6, 6.07) is 9.08. The molecule has 1 aliphatic rings. The summed E-state index contributed by atoms with van der Waals surface area (Å²) < 4.78 is 19.6. The third-order valence-electron chi connectivity index (χ3n) is 5.33. The van der Waals surface area contributed by atoms with E-state index in [-0.39, 0.29) is 28.6 Å². The molecule has 3 aromatic rings. The van der Waals surface area contributed by atoms with E-state index in [4.69, 9.17) is 9.84 Å². The Balaban J connectivity index is 1.64. The van der Waals surface area contributed by atoms with E-state index >= 15 is 0 Å². The monoisotopic (exact) mass is 498 g/mol. The zero-order valence-electron chi connectivity index (χ0n) is 18.2. The van der Waals surface area contributed by atoms with Gasteiger partial charge in [-0.3, -0.25) is 9.59 Å². The summed E-state index contributed by atoms with van der Waals surface area (Å²) in [5, 5.41) is 15.2. The lowest BCUT2D eigenvalue weighted by Crippen LogP contribution is -2.49. The number of carboxylic acids is 1. The number of benzene rings is 2. The maximum absolute atomic E-state index is 14.6. The summed E-state index contributed by atoms with van der Waals surface area (Å²) in [6.45, 7) is 0. The second-order valence-electron chi connectivity index (χ2n) is 7.52. The Kier molecular flexibility index (Phi) is 6.73. The van der Waals surface area contributed by atoms with Crippen LogP contribution in [0.15, 0.2) is 53.9 Å². The predicted molar refractivity (Wildman–Crippen MR) is 123 cm³/mol. The molecule has 35 heavy (non-hydrogen) atoms. The fraction of sp³-hybridized carbons (Fsp3) is 0.174. The van der Waals surface area contributed by atoms with Crippen LogP contribution in [-0.2, 0) is 16.0 Å². The molecule has 1 unspecified atom stereocenters. The maximum Gasteiger partial charge on any atom is 0.355 e. The van der Waals surface area contributed by atoms with Gasteiger partial charge in [-0.05, 0) is 17.7 Å². The third-order valence-corrected chi connectivity index (χ3v) is 6.09. The van der Waals surface area contributed by atoms with E-state index in [9.17, 15) is 23.6 Å². The van der Waals surface area contributed by atoms with Crippen molar-refractivity contribution in [1.82, 2.24) is 15.2 Å². The predicted octanol–water partition coefficient (Wildman–Crippen LogP) is 2.83. The van der Waals surface area contributed by atoms with Crippen LogP contribution in [0, 0.1) is 5.82 Å². The number of nitrogens with one attached hydrogen (secondary N) is 2. The molecule has 1 aromatic heterocycles. The van der Waals surface area contributed by atoms with Crippen molar-refractivity contribution in [3.05, 3.63) is 76.5 Å². The highest BCUT2D eigenvalue weighted by atomic mass is 32.1. The summed E-state index contributed by atoms with van der Waals surface area (Å²) in [4.78, 5) is 55.0. The number of thiazole rings is 1. The maximum atomic E-state index is 14.6. The van der Waals surface area contributed by atoms with Crippen LogP contribution in [0.2, 0.25) is 0 Å². The van der Waals surface area contributed by atoms with Gasteiger partial charge in [-0.2, -0.15) is 0 Å². The Morgan fingerprint density at radius 1 is 1.26 bits per heavy atom. The molecule has 0 aliphatic carbocycles. The normalized spacial score (nSPS) is 16.1. The molecule has 180 valence electrons. The molecule has 4 rings (SSSR count). The van der Waals surface area contributed by atoms with E-state index < -0.39 is 41.7 Å². The van der Waals surface area contributed by atoms with Gasteiger partial charge in [0.2, 0.25) is 5.91 Å². The van der Waals surface area contributed by atoms with Crippen molar-refractivity contribution < 1.29 is 33.4 Å². The standard InChI is InChI=1S/C23H19FN4O6S/c1-34-13-7-8-14(15(24)10-13)18-20(30)28(23(33)26-18)17(9-12-5-3-2-4-6-12)19(29)27-22-25-16(11-35-22)21(31)32/h2-8,10-11,17-18H,9H2,1H3,(H,26,33)(H,31,32)(H,25,27,29)/t17-,18?/m0/s1. The minimum Gasteiger partial charge on any atom is -0.497 e. The van der Waals surface area contributed by atoms with Crippen LogP contribution < -0.4 is 15.4 Å². The Bertz CT molecular complexity index is 1300. The number of urea groups is 1. The van der Waals surface area contributed by atoms with Crippen molar-refractivity contribution in [2.75, 3.05) is 12.4 Å². The lowest BCUT2D eigenvalue weighted by Gasteiger charge is -2.24. The van der Waals surface area contributed by atoms with Crippen molar-refractivity contribution in [3.63, 3.8) is 0 Å². The summed E-state index contributed by atoms with van der Waals surface area (Å²) in [6.07, 6.45) is -0.0270. The fourth-order valence-electron chi connectivity index (χ4n) is 3.63. The molecule has 1 aliphatic heterocycles. The number of carbonyl (C=O) groups is 4. The van der Waals surface area contributed by atoms with Gasteiger partial charge in [-0.1, -0.05) is 30.3 Å². The van der Waals surface area contributed by atoms with Crippen LogP contribution in [0.4, 0.5) is 14.3 Å². The second-order valence-corrected chi connectivity index (χ2v) is 8.37. The quantitative estimate of drug-likeness (QED) is 0.406. The van der Waals surface area contributed by atoms with Crippen LogP contribution in [0.5, 0.6) is 5.75 Å². The van der Waals surface area contributed by atoms with Crippen molar-refractivity contribution in [3.8, 4) is 5.75 Å². The van der Waals surface area contributed by atoms with Crippen molar-refractivity contribution >= 4 is 40.3 Å². The first kappa shape index (κ1) is 23.8. The molecular weight excluding hydrogens is 479 g/mol. The molecule has 0 saturated carbocycles. The number of aromatic carboxylic acids is 1. The number of imide groups is 1. The van der Waals surface area contributed by atoms with Gasteiger partial charge in [0.1, 0.15) is 23.7 Å². The van der Waals surface area contributed by atoms with E-state index in [1.165, 1.54) is 24.6 Å². The van der Waals surface area contributed by atoms with E-state index in [2.05, 4.69) is 15.6 Å². The molecule has 10 nitrogen and oxygen atoms in total. The number of hydrogen-bond donors (Lipinski definition) is 3. The van der Waals surface area contributed by atoms with E-state index in [0.717, 1.165) is 22.3 Å². The highest BCUT2D eigenvalue weighted by Crippen LogP contribution is 2.29. The van der Waals surface area contributed by atoms with Gasteiger partial charge < -0.3 is 20.5 Å². The van der Waals surface area contributed by atoms with Gasteiger partial charge in [0.15, 0.2) is 10.8 Å². The molecule has 4 amide bonds. The third kappa shape index (κ3) is 4.96. The molecule has 3 N–H and O–H groups in total. The molecule has 1 saturated heterocycles. The van der Waals surface area contributed by atoms with E-state index in [0.29, 0.717) is 5.56 Å². The number of rotatable bonds is 8. The van der Waals surface area contributed by atoms with Crippen molar-refractivity contribution in [2.45, 2.75) is 18.5 Å². The van der Waals surface area contributed by atoms with Crippen LogP contribution >= 0.6 is 11.3 Å². The molecule has 12 heteroatoms. The van der Waals surface area contributed by atoms with Crippen LogP contribution in [0.25, 0.3) is 0 Å². The lowest BCUT2D eigenvalue weighted by atomic mass is 10.0. The number of nitrogens with zero attached hydrogens (tertiary/aromatic N) is 2. The summed E-state index contributed by atoms with van der Waals surface area (Å²) in [7, 11) is 1.37. The molecule has 0 bridgehead atoms. The lowest BCUT2D eigenvalue weighted by molar-refractivity contribution is -0.134. The molecular formula is C23H19FN4O6S. The number of carboxylic acid groups (broad SMARTS) is 1. The number of carbonyl (C=O) groups excluding carboxylic acids is 3. The van der Waals surface area contributed by atoms with Gasteiger partial charge in [0, 0.05) is 23.4 Å². The zero-order chi connectivity index (χ0) is 25.1. The largest absolute Gasteiger partial charge is 0.497 e. The van der Waals surface area contributed by atoms with Gasteiger partial charge in [0.25, 0.3) is 5.91 Å². The first-order valence-electron chi connectivity index (χ1n) is 10.3. The smallest absolute Gasteiger partial charge is 0.355 e.